The minimum Gasteiger partial charge on any atom is -0.393 e. The zero-order valence-corrected chi connectivity index (χ0v) is 7.79. The van der Waals surface area contributed by atoms with Crippen LogP contribution in [0.4, 0.5) is 11.4 Å². The van der Waals surface area contributed by atoms with Crippen LogP contribution in [0.25, 0.3) is 6.08 Å². The molecule has 0 bridgehead atoms. The summed E-state index contributed by atoms with van der Waals surface area (Å²) in [6, 6.07) is 0. The Morgan fingerprint density at radius 2 is 2.27 bits per heavy atom. The van der Waals surface area contributed by atoms with Crippen molar-refractivity contribution in [1.82, 2.24) is 4.98 Å². The standard InChI is InChI=1S/C9H9N3O3/c10-9-7(3-1-2-4-13)5-11-6-8(9)12(14)15/h1,3-6H,2H2,(H2,10,11). The summed E-state index contributed by atoms with van der Waals surface area (Å²) in [5.74, 6) is 0. The summed E-state index contributed by atoms with van der Waals surface area (Å²) in [5.41, 5.74) is 5.80. The lowest BCUT2D eigenvalue weighted by Gasteiger charge is -1.99. The van der Waals surface area contributed by atoms with Crippen molar-refractivity contribution in [2.75, 3.05) is 5.73 Å². The second-order valence-electron chi connectivity index (χ2n) is 2.72. The van der Waals surface area contributed by atoms with Gasteiger partial charge in [-0.1, -0.05) is 12.2 Å². The molecule has 1 aromatic rings. The van der Waals surface area contributed by atoms with Crippen molar-refractivity contribution in [3.8, 4) is 0 Å². The highest BCUT2D eigenvalue weighted by Crippen LogP contribution is 2.24. The number of nitro groups is 1. The minimum atomic E-state index is -0.598. The van der Waals surface area contributed by atoms with Crippen molar-refractivity contribution in [1.29, 1.82) is 0 Å². The van der Waals surface area contributed by atoms with Crippen LogP contribution in [0.5, 0.6) is 0 Å². The Labute approximate surface area is 85.6 Å². The molecule has 0 amide bonds. The van der Waals surface area contributed by atoms with E-state index in [9.17, 15) is 14.9 Å². The van der Waals surface area contributed by atoms with E-state index in [1.54, 1.807) is 6.08 Å². The zero-order valence-electron chi connectivity index (χ0n) is 7.79. The lowest BCUT2D eigenvalue weighted by atomic mass is 10.2. The van der Waals surface area contributed by atoms with E-state index < -0.39 is 4.92 Å². The fourth-order valence-electron chi connectivity index (χ4n) is 1.00. The average Bonchev–Trinajstić information content (AvgIpc) is 2.20. The van der Waals surface area contributed by atoms with Gasteiger partial charge in [-0.2, -0.15) is 0 Å². The Balaban J connectivity index is 3.04. The van der Waals surface area contributed by atoms with E-state index in [0.29, 0.717) is 5.56 Å². The van der Waals surface area contributed by atoms with Gasteiger partial charge in [-0.15, -0.1) is 0 Å². The van der Waals surface area contributed by atoms with E-state index in [4.69, 9.17) is 5.73 Å². The number of carbonyl (C=O) groups is 1. The summed E-state index contributed by atoms with van der Waals surface area (Å²) in [4.78, 5) is 23.6. The number of nitrogens with zero attached hydrogens (tertiary/aromatic N) is 2. The van der Waals surface area contributed by atoms with Crippen LogP contribution in [-0.2, 0) is 4.79 Å². The van der Waals surface area contributed by atoms with Gasteiger partial charge in [0, 0.05) is 18.2 Å². The summed E-state index contributed by atoms with van der Waals surface area (Å²) < 4.78 is 0. The molecule has 0 saturated carbocycles. The Kier molecular flexibility index (Phi) is 3.50. The Hall–Kier alpha value is -2.24. The number of hydrogen-bond acceptors (Lipinski definition) is 5. The molecule has 0 saturated heterocycles. The second kappa shape index (κ2) is 4.85. The van der Waals surface area contributed by atoms with Gasteiger partial charge in [-0.05, 0) is 0 Å². The number of hydrogen-bond donors (Lipinski definition) is 1. The number of aldehydes is 1. The number of rotatable bonds is 4. The molecule has 0 spiro atoms. The number of nitrogens with two attached hydrogens (primary N) is 1. The van der Waals surface area contributed by atoms with E-state index in [-0.39, 0.29) is 17.8 Å². The number of nitrogen functional groups attached to an aromatic ring is 1. The first-order chi connectivity index (χ1) is 7.16. The number of pyridine rings is 1. The van der Waals surface area contributed by atoms with Crippen molar-refractivity contribution < 1.29 is 9.72 Å². The first-order valence-electron chi connectivity index (χ1n) is 4.15. The zero-order chi connectivity index (χ0) is 11.3. The van der Waals surface area contributed by atoms with Crippen LogP contribution in [0, 0.1) is 10.1 Å². The van der Waals surface area contributed by atoms with E-state index in [0.717, 1.165) is 12.5 Å². The predicted octanol–water partition coefficient (Wildman–Crippen LogP) is 1.17. The monoisotopic (exact) mass is 207 g/mol. The normalized spacial score (nSPS) is 10.4. The third-order valence-corrected chi connectivity index (χ3v) is 1.72. The molecule has 0 radical (unpaired) electrons. The maximum absolute atomic E-state index is 10.5. The molecule has 6 heteroatoms. The molecule has 78 valence electrons. The van der Waals surface area contributed by atoms with Crippen molar-refractivity contribution in [2.45, 2.75) is 6.42 Å². The van der Waals surface area contributed by atoms with Gasteiger partial charge >= 0.3 is 5.69 Å². The first-order valence-corrected chi connectivity index (χ1v) is 4.15. The number of allylic oxidation sites excluding steroid dienone is 1. The highest BCUT2D eigenvalue weighted by atomic mass is 16.6. The minimum absolute atomic E-state index is 0.0529. The topological polar surface area (TPSA) is 99.1 Å². The summed E-state index contributed by atoms with van der Waals surface area (Å²) >= 11 is 0. The molecule has 1 aromatic heterocycles. The highest BCUT2D eigenvalue weighted by Gasteiger charge is 2.13. The molecule has 0 atom stereocenters. The molecule has 0 unspecified atom stereocenters. The van der Waals surface area contributed by atoms with Gasteiger partial charge in [0.2, 0.25) is 0 Å². The van der Waals surface area contributed by atoms with Crippen LogP contribution in [0.3, 0.4) is 0 Å². The third-order valence-electron chi connectivity index (χ3n) is 1.72. The summed E-state index contributed by atoms with van der Waals surface area (Å²) in [7, 11) is 0. The van der Waals surface area contributed by atoms with Crippen molar-refractivity contribution in [2.24, 2.45) is 0 Å². The van der Waals surface area contributed by atoms with Gasteiger partial charge in [0.25, 0.3) is 0 Å². The molecule has 0 fully saturated rings. The maximum Gasteiger partial charge on any atom is 0.310 e. The van der Waals surface area contributed by atoms with Crippen LogP contribution >= 0.6 is 0 Å². The highest BCUT2D eigenvalue weighted by molar-refractivity contribution is 5.72. The van der Waals surface area contributed by atoms with Crippen molar-refractivity contribution >= 4 is 23.7 Å². The van der Waals surface area contributed by atoms with Gasteiger partial charge in [0.05, 0.1) is 4.92 Å². The third kappa shape index (κ3) is 2.60. The molecule has 2 N–H and O–H groups in total. The lowest BCUT2D eigenvalue weighted by Crippen LogP contribution is -1.98. The molecular weight excluding hydrogens is 198 g/mol. The maximum atomic E-state index is 10.5. The fraction of sp³-hybridized carbons (Fsp3) is 0.111. The Bertz CT molecular complexity index is 415. The van der Waals surface area contributed by atoms with Crippen LogP contribution in [0.2, 0.25) is 0 Å². The molecule has 0 aliphatic heterocycles. The van der Waals surface area contributed by atoms with Gasteiger partial charge in [0.1, 0.15) is 18.2 Å². The van der Waals surface area contributed by atoms with Crippen molar-refractivity contribution in [3.63, 3.8) is 0 Å². The number of anilines is 1. The second-order valence-corrected chi connectivity index (χ2v) is 2.72. The molecule has 15 heavy (non-hydrogen) atoms. The van der Waals surface area contributed by atoms with Gasteiger partial charge in [0.15, 0.2) is 0 Å². The summed E-state index contributed by atoms with van der Waals surface area (Å²) in [6.07, 6.45) is 6.55. The van der Waals surface area contributed by atoms with E-state index >= 15 is 0 Å². The lowest BCUT2D eigenvalue weighted by molar-refractivity contribution is -0.384. The largest absolute Gasteiger partial charge is 0.393 e. The van der Waals surface area contributed by atoms with Crippen LogP contribution in [0.15, 0.2) is 18.5 Å². The molecule has 0 aromatic carbocycles. The molecule has 0 aliphatic carbocycles. The van der Waals surface area contributed by atoms with Crippen LogP contribution in [0.1, 0.15) is 12.0 Å². The first kappa shape index (κ1) is 10.8. The molecule has 6 nitrogen and oxygen atoms in total. The molecule has 0 aliphatic rings. The summed E-state index contributed by atoms with van der Waals surface area (Å²) in [5, 5.41) is 10.5. The molecular formula is C9H9N3O3. The smallest absolute Gasteiger partial charge is 0.310 e. The van der Waals surface area contributed by atoms with Crippen LogP contribution < -0.4 is 5.73 Å². The van der Waals surface area contributed by atoms with Crippen LogP contribution in [-0.4, -0.2) is 16.2 Å². The predicted molar refractivity (Wildman–Crippen MR) is 55.0 cm³/mol. The van der Waals surface area contributed by atoms with E-state index in [1.165, 1.54) is 12.3 Å². The fourth-order valence-corrected chi connectivity index (χ4v) is 1.00. The molecule has 1 heterocycles. The Morgan fingerprint density at radius 1 is 1.53 bits per heavy atom. The Morgan fingerprint density at radius 3 is 2.87 bits per heavy atom. The number of aromatic nitrogens is 1. The van der Waals surface area contributed by atoms with Gasteiger partial charge in [-0.3, -0.25) is 15.1 Å². The molecule has 1 rings (SSSR count). The quantitative estimate of drug-likeness (QED) is 0.454. The average molecular weight is 207 g/mol. The van der Waals surface area contributed by atoms with E-state index in [1.807, 2.05) is 0 Å². The summed E-state index contributed by atoms with van der Waals surface area (Å²) in [6.45, 7) is 0. The number of carbonyl (C=O) groups excluding carboxylic acids is 1. The van der Waals surface area contributed by atoms with E-state index in [2.05, 4.69) is 4.98 Å². The van der Waals surface area contributed by atoms with Gasteiger partial charge in [-0.25, -0.2) is 0 Å². The van der Waals surface area contributed by atoms with Gasteiger partial charge < -0.3 is 10.5 Å². The SMILES string of the molecule is Nc1c(C=CCC=O)cncc1[N+](=O)[O-]. The van der Waals surface area contributed by atoms with Crippen molar-refractivity contribution in [3.05, 3.63) is 34.1 Å².